The van der Waals surface area contributed by atoms with E-state index in [1.54, 1.807) is 19.1 Å². The summed E-state index contributed by atoms with van der Waals surface area (Å²) in [6.45, 7) is 5.57. The summed E-state index contributed by atoms with van der Waals surface area (Å²) in [4.78, 5) is 38.2. The molecule has 2 atom stereocenters. The zero-order valence-corrected chi connectivity index (χ0v) is 18.6. The molecular formula is C23H24FNO5S. The number of carboxylic acids is 1. The Morgan fingerprint density at radius 3 is 2.19 bits per heavy atom. The van der Waals surface area contributed by atoms with E-state index in [-0.39, 0.29) is 5.56 Å². The number of allylic oxidation sites excluding steroid dienone is 2. The van der Waals surface area contributed by atoms with Crippen molar-refractivity contribution in [2.75, 3.05) is 12.4 Å². The van der Waals surface area contributed by atoms with Crippen molar-refractivity contribution in [1.29, 1.82) is 0 Å². The average Bonchev–Trinajstić information content (AvgIpc) is 3.05. The summed E-state index contributed by atoms with van der Waals surface area (Å²) in [5.41, 5.74) is 3.33. The molecule has 3 rings (SSSR count). The fourth-order valence-corrected chi connectivity index (χ4v) is 4.99. The van der Waals surface area contributed by atoms with Crippen LogP contribution in [0, 0.1) is 24.6 Å². The highest BCUT2D eigenvalue weighted by Crippen LogP contribution is 2.42. The van der Waals surface area contributed by atoms with Crippen LogP contribution in [0.3, 0.4) is 0 Å². The number of thiophene rings is 1. The first-order valence-electron chi connectivity index (χ1n) is 9.80. The number of benzene rings is 1. The second kappa shape index (κ2) is 9.01. The van der Waals surface area contributed by atoms with Gasteiger partial charge in [0.05, 0.1) is 18.9 Å². The van der Waals surface area contributed by atoms with Crippen LogP contribution in [0.2, 0.25) is 0 Å². The summed E-state index contributed by atoms with van der Waals surface area (Å²) in [6.07, 6.45) is 0.658. The van der Waals surface area contributed by atoms with Gasteiger partial charge in [0.1, 0.15) is 16.4 Å². The normalized spacial score (nSPS) is 18.6. The molecule has 1 amide bonds. The maximum atomic E-state index is 13.4. The van der Waals surface area contributed by atoms with Crippen molar-refractivity contribution < 1.29 is 28.6 Å². The summed E-state index contributed by atoms with van der Waals surface area (Å²) in [5.74, 6) is -4.08. The van der Waals surface area contributed by atoms with Crippen molar-refractivity contribution in [3.05, 3.63) is 51.7 Å². The first-order chi connectivity index (χ1) is 14.6. The molecule has 6 nitrogen and oxygen atoms in total. The molecule has 31 heavy (non-hydrogen) atoms. The highest BCUT2D eigenvalue weighted by molar-refractivity contribution is 7.17. The second-order valence-corrected chi connectivity index (χ2v) is 8.97. The molecule has 1 aromatic heterocycles. The average molecular weight is 446 g/mol. The molecule has 0 saturated carbocycles. The van der Waals surface area contributed by atoms with Gasteiger partial charge in [-0.1, -0.05) is 23.3 Å². The van der Waals surface area contributed by atoms with E-state index >= 15 is 0 Å². The summed E-state index contributed by atoms with van der Waals surface area (Å²) >= 11 is 1.20. The molecule has 2 aromatic rings. The van der Waals surface area contributed by atoms with E-state index in [2.05, 4.69) is 5.32 Å². The molecule has 0 bridgehead atoms. The van der Waals surface area contributed by atoms with Gasteiger partial charge < -0.3 is 15.2 Å². The highest BCUT2D eigenvalue weighted by atomic mass is 32.1. The zero-order chi connectivity index (χ0) is 22.9. The Morgan fingerprint density at radius 1 is 1.06 bits per heavy atom. The predicted molar refractivity (Wildman–Crippen MR) is 117 cm³/mol. The summed E-state index contributed by atoms with van der Waals surface area (Å²) in [5, 5.41) is 12.7. The van der Waals surface area contributed by atoms with E-state index < -0.39 is 35.5 Å². The summed E-state index contributed by atoms with van der Waals surface area (Å²) in [7, 11) is 1.24. The third-order valence-electron chi connectivity index (χ3n) is 5.76. The van der Waals surface area contributed by atoms with Crippen molar-refractivity contribution in [2.45, 2.75) is 33.6 Å². The molecule has 0 spiro atoms. The lowest BCUT2D eigenvalue weighted by Crippen LogP contribution is -2.36. The van der Waals surface area contributed by atoms with Gasteiger partial charge in [-0.15, -0.1) is 11.3 Å². The molecular weight excluding hydrogens is 421 g/mol. The number of halogens is 1. The molecule has 0 aliphatic heterocycles. The maximum Gasteiger partial charge on any atom is 0.341 e. The number of aliphatic carboxylic acids is 1. The highest BCUT2D eigenvalue weighted by Gasteiger charge is 2.38. The molecule has 0 fully saturated rings. The molecule has 164 valence electrons. The molecule has 1 heterocycles. The van der Waals surface area contributed by atoms with Crippen molar-refractivity contribution in [3.63, 3.8) is 0 Å². The van der Waals surface area contributed by atoms with Crippen LogP contribution < -0.4 is 5.32 Å². The number of ether oxygens (including phenoxy) is 1. The second-order valence-electron chi connectivity index (χ2n) is 7.75. The number of carbonyl (C=O) groups excluding carboxylic acids is 2. The fourth-order valence-electron chi connectivity index (χ4n) is 3.93. The molecule has 0 saturated heterocycles. The molecule has 1 aromatic carbocycles. The van der Waals surface area contributed by atoms with Gasteiger partial charge in [-0.2, -0.15) is 0 Å². The van der Waals surface area contributed by atoms with Crippen LogP contribution in [0.5, 0.6) is 0 Å². The van der Waals surface area contributed by atoms with E-state index in [9.17, 15) is 23.9 Å². The van der Waals surface area contributed by atoms with E-state index in [1.807, 2.05) is 13.8 Å². The van der Waals surface area contributed by atoms with Crippen molar-refractivity contribution in [1.82, 2.24) is 0 Å². The number of rotatable bonds is 5. The third kappa shape index (κ3) is 4.54. The van der Waals surface area contributed by atoms with Gasteiger partial charge in [-0.3, -0.25) is 9.59 Å². The van der Waals surface area contributed by atoms with Crippen LogP contribution in [0.4, 0.5) is 9.39 Å². The molecule has 8 heteroatoms. The number of carbonyl (C=O) groups is 3. The van der Waals surface area contributed by atoms with Crippen molar-refractivity contribution in [2.24, 2.45) is 11.8 Å². The lowest BCUT2D eigenvalue weighted by molar-refractivity contribution is -0.146. The molecule has 1 aliphatic carbocycles. The van der Waals surface area contributed by atoms with E-state index in [4.69, 9.17) is 4.74 Å². The monoisotopic (exact) mass is 445 g/mol. The van der Waals surface area contributed by atoms with Crippen LogP contribution in [0.25, 0.3) is 11.1 Å². The summed E-state index contributed by atoms with van der Waals surface area (Å²) < 4.78 is 18.3. The minimum atomic E-state index is -1.02. The van der Waals surface area contributed by atoms with Crippen molar-refractivity contribution >= 4 is 34.2 Å². The van der Waals surface area contributed by atoms with Gasteiger partial charge in [0, 0.05) is 10.4 Å². The number of hydrogen-bond acceptors (Lipinski definition) is 5. The molecule has 0 unspecified atom stereocenters. The van der Waals surface area contributed by atoms with Crippen LogP contribution in [0.1, 0.15) is 41.9 Å². The molecule has 1 aliphatic rings. The Labute approximate surface area is 183 Å². The number of hydrogen-bond donors (Lipinski definition) is 2. The van der Waals surface area contributed by atoms with Gasteiger partial charge >= 0.3 is 11.9 Å². The number of methoxy groups -OCH3 is 1. The topological polar surface area (TPSA) is 92.7 Å². The zero-order valence-electron chi connectivity index (χ0n) is 17.7. The minimum Gasteiger partial charge on any atom is -0.481 e. The first-order valence-corrected chi connectivity index (χ1v) is 10.6. The van der Waals surface area contributed by atoms with Crippen LogP contribution >= 0.6 is 11.3 Å². The van der Waals surface area contributed by atoms with Crippen molar-refractivity contribution in [3.8, 4) is 11.1 Å². The molecule has 2 N–H and O–H groups in total. The van der Waals surface area contributed by atoms with E-state index in [1.165, 1.54) is 30.6 Å². The van der Waals surface area contributed by atoms with E-state index in [0.29, 0.717) is 29.0 Å². The smallest absolute Gasteiger partial charge is 0.341 e. The largest absolute Gasteiger partial charge is 0.481 e. The van der Waals surface area contributed by atoms with Crippen LogP contribution in [-0.4, -0.2) is 30.1 Å². The number of aryl methyl sites for hydroxylation is 1. The Morgan fingerprint density at radius 2 is 1.65 bits per heavy atom. The Hall–Kier alpha value is -3.00. The SMILES string of the molecule is COC(=O)c1c(NC(=O)[C@H]2CC(C)=C(C)C[C@@H]2C(=O)O)sc(C)c1-c1ccc(F)cc1. The number of carboxylic acid groups (broad SMARTS) is 1. The van der Waals surface area contributed by atoms with E-state index in [0.717, 1.165) is 16.0 Å². The van der Waals surface area contributed by atoms with Crippen LogP contribution in [0.15, 0.2) is 35.4 Å². The lowest BCUT2D eigenvalue weighted by atomic mass is 9.76. The fraction of sp³-hybridized carbons (Fsp3) is 0.348. The standard InChI is InChI=1S/C23H24FNO5S/c1-11-9-16(17(22(27)28)10-12(11)2)20(26)25-21-19(23(29)30-4)18(13(3)31-21)14-5-7-15(24)8-6-14/h5-8,16-17H,9-10H2,1-4H3,(H,25,26)(H,27,28)/t16-,17-/m0/s1. The Kier molecular flexibility index (Phi) is 6.59. The maximum absolute atomic E-state index is 13.4. The van der Waals surface area contributed by atoms with Gasteiger partial charge in [0.2, 0.25) is 5.91 Å². The molecule has 0 radical (unpaired) electrons. The number of amides is 1. The number of esters is 1. The summed E-state index contributed by atoms with van der Waals surface area (Å²) in [6, 6.07) is 5.70. The van der Waals surface area contributed by atoms with Gasteiger partial charge in [0.15, 0.2) is 0 Å². The van der Waals surface area contributed by atoms with Gasteiger partial charge in [0.25, 0.3) is 0 Å². The number of anilines is 1. The lowest BCUT2D eigenvalue weighted by Gasteiger charge is -2.29. The minimum absolute atomic E-state index is 0.177. The predicted octanol–water partition coefficient (Wildman–Crippen LogP) is 5.03. The van der Waals surface area contributed by atoms with Gasteiger partial charge in [-0.25, -0.2) is 9.18 Å². The van der Waals surface area contributed by atoms with Gasteiger partial charge in [-0.05, 0) is 51.3 Å². The Bertz CT molecular complexity index is 1070. The van der Waals surface area contributed by atoms with Crippen LogP contribution in [-0.2, 0) is 14.3 Å². The third-order valence-corrected chi connectivity index (χ3v) is 6.78. The number of nitrogens with one attached hydrogen (secondary N) is 1. The first kappa shape index (κ1) is 22.7. The Balaban J connectivity index is 2.00. The quantitative estimate of drug-likeness (QED) is 0.497.